The molecule has 11 heteroatoms. The van der Waals surface area contributed by atoms with Gasteiger partial charge in [-0.3, -0.25) is 9.78 Å². The summed E-state index contributed by atoms with van der Waals surface area (Å²) in [4.78, 5) is 29.6. The second-order valence-corrected chi connectivity index (χ2v) is 11.3. The van der Waals surface area contributed by atoms with E-state index in [9.17, 15) is 27.7 Å². The summed E-state index contributed by atoms with van der Waals surface area (Å²) in [5.41, 5.74) is 0.644. The number of hydrogen-bond acceptors (Lipinski definition) is 8. The van der Waals surface area contributed by atoms with Crippen molar-refractivity contribution in [3.8, 4) is 6.07 Å². The van der Waals surface area contributed by atoms with E-state index in [-0.39, 0.29) is 39.5 Å². The second-order valence-electron chi connectivity index (χ2n) is 9.33. The van der Waals surface area contributed by atoms with E-state index < -0.39 is 34.2 Å². The number of allylic oxidation sites excluding steroid dienone is 1. The lowest BCUT2D eigenvalue weighted by molar-refractivity contribution is -0.115. The zero-order valence-electron chi connectivity index (χ0n) is 20.4. The number of alkyl halides is 1. The van der Waals surface area contributed by atoms with Crippen LogP contribution in [0.4, 0.5) is 14.9 Å². The number of ketones is 1. The Morgan fingerprint density at radius 3 is 2.58 bits per heavy atom. The first-order chi connectivity index (χ1) is 16.8. The molecule has 190 valence electrons. The van der Waals surface area contributed by atoms with E-state index in [1.54, 1.807) is 26.8 Å². The van der Waals surface area contributed by atoms with Crippen LogP contribution in [0.5, 0.6) is 0 Å². The fourth-order valence-corrected chi connectivity index (χ4v) is 4.79. The van der Waals surface area contributed by atoms with Crippen molar-refractivity contribution in [2.75, 3.05) is 11.6 Å². The lowest BCUT2D eigenvalue weighted by Gasteiger charge is -2.26. The van der Waals surface area contributed by atoms with Crippen LogP contribution in [0.3, 0.4) is 0 Å². The number of alkyl carbamates (subject to hydrolysis) is 1. The van der Waals surface area contributed by atoms with Gasteiger partial charge in [0.25, 0.3) is 0 Å². The van der Waals surface area contributed by atoms with Gasteiger partial charge < -0.3 is 15.4 Å². The molecule has 0 fully saturated rings. The lowest BCUT2D eigenvalue weighted by Crippen LogP contribution is -2.37. The van der Waals surface area contributed by atoms with Crippen LogP contribution in [0.25, 0.3) is 0 Å². The molecule has 1 atom stereocenters. The fourth-order valence-electron chi connectivity index (χ4n) is 3.84. The number of Topliss-reactive ketones (excluding diaryl/α,β-unsaturated/α-hetero) is 1. The summed E-state index contributed by atoms with van der Waals surface area (Å²) in [7, 11) is -3.86. The van der Waals surface area contributed by atoms with E-state index in [1.165, 1.54) is 30.5 Å². The standard InChI is InChI=1S/C25H27FN4O5S/c1-25(2,3)35-24(32)30-23(18-6-5-15(14-27)11-21(18)36(4,33)34)22-19(7-8-20(22)31)29-16-9-10-28-17(12-16)13-26/h5-6,9-12,23H,7-8,13H2,1-4H3,(H,28,29)(H,30,32). The van der Waals surface area contributed by atoms with Crippen molar-refractivity contribution in [1.29, 1.82) is 5.26 Å². The average Bonchev–Trinajstić information content (AvgIpc) is 3.15. The van der Waals surface area contributed by atoms with Crippen LogP contribution >= 0.6 is 0 Å². The predicted octanol–water partition coefficient (Wildman–Crippen LogP) is 4.12. The normalized spacial score (nSPS) is 14.8. The predicted molar refractivity (Wildman–Crippen MR) is 130 cm³/mol. The molecule has 36 heavy (non-hydrogen) atoms. The average molecular weight is 515 g/mol. The van der Waals surface area contributed by atoms with Gasteiger partial charge in [0.05, 0.1) is 28.3 Å². The summed E-state index contributed by atoms with van der Waals surface area (Å²) < 4.78 is 43.8. The lowest BCUT2D eigenvalue weighted by atomic mass is 9.95. The van der Waals surface area contributed by atoms with Gasteiger partial charge in [-0.15, -0.1) is 0 Å². The van der Waals surface area contributed by atoms with Crippen LogP contribution in [-0.2, 0) is 26.0 Å². The molecule has 1 amide bonds. The Morgan fingerprint density at radius 2 is 1.97 bits per heavy atom. The number of pyridine rings is 1. The van der Waals surface area contributed by atoms with Gasteiger partial charge in [0, 0.05) is 35.8 Å². The maximum absolute atomic E-state index is 13.1. The van der Waals surface area contributed by atoms with E-state index in [0.717, 1.165) is 6.26 Å². The number of nitriles is 1. The topological polar surface area (TPSA) is 138 Å². The molecule has 1 aliphatic carbocycles. The molecule has 0 spiro atoms. The number of ether oxygens (including phenoxy) is 1. The molecular weight excluding hydrogens is 487 g/mol. The molecule has 0 bridgehead atoms. The molecule has 1 aromatic carbocycles. The van der Waals surface area contributed by atoms with E-state index in [4.69, 9.17) is 4.74 Å². The van der Waals surface area contributed by atoms with Crippen molar-refractivity contribution in [2.24, 2.45) is 0 Å². The van der Waals surface area contributed by atoms with E-state index in [0.29, 0.717) is 17.8 Å². The quantitative estimate of drug-likeness (QED) is 0.563. The fraction of sp³-hybridized carbons (Fsp3) is 0.360. The molecule has 0 aliphatic heterocycles. The molecule has 0 saturated heterocycles. The van der Waals surface area contributed by atoms with Crippen molar-refractivity contribution in [1.82, 2.24) is 10.3 Å². The smallest absolute Gasteiger partial charge is 0.408 e. The third kappa shape index (κ3) is 6.46. The van der Waals surface area contributed by atoms with Gasteiger partial charge in [-0.2, -0.15) is 5.26 Å². The number of halogens is 1. The van der Waals surface area contributed by atoms with Crippen molar-refractivity contribution in [3.63, 3.8) is 0 Å². The largest absolute Gasteiger partial charge is 0.444 e. The molecule has 3 rings (SSSR count). The summed E-state index contributed by atoms with van der Waals surface area (Å²) in [6.07, 6.45) is 1.96. The van der Waals surface area contributed by atoms with Crippen LogP contribution < -0.4 is 10.6 Å². The van der Waals surface area contributed by atoms with Crippen LogP contribution in [0.2, 0.25) is 0 Å². The van der Waals surface area contributed by atoms with E-state index >= 15 is 0 Å². The first-order valence-corrected chi connectivity index (χ1v) is 13.0. The van der Waals surface area contributed by atoms with Gasteiger partial charge in [-0.25, -0.2) is 17.6 Å². The first-order valence-electron chi connectivity index (χ1n) is 11.1. The van der Waals surface area contributed by atoms with Gasteiger partial charge in [0.15, 0.2) is 15.6 Å². The minimum Gasteiger partial charge on any atom is -0.444 e. The Morgan fingerprint density at radius 1 is 1.25 bits per heavy atom. The highest BCUT2D eigenvalue weighted by atomic mass is 32.2. The number of carbonyl (C=O) groups excluding carboxylic acids is 2. The van der Waals surface area contributed by atoms with Gasteiger partial charge in [0.2, 0.25) is 0 Å². The van der Waals surface area contributed by atoms with Crippen LogP contribution in [0.15, 0.2) is 52.7 Å². The third-order valence-electron chi connectivity index (χ3n) is 5.28. The second kappa shape index (κ2) is 10.5. The summed E-state index contributed by atoms with van der Waals surface area (Å²) in [6, 6.07) is 7.83. The first kappa shape index (κ1) is 26.8. The Labute approximate surface area is 209 Å². The number of benzene rings is 1. The van der Waals surface area contributed by atoms with Crippen LogP contribution in [-0.4, -0.2) is 37.1 Å². The summed E-state index contributed by atoms with van der Waals surface area (Å²) in [5.74, 6) is -0.304. The van der Waals surface area contributed by atoms with Crippen LogP contribution in [0.1, 0.15) is 56.5 Å². The highest BCUT2D eigenvalue weighted by Gasteiger charge is 2.35. The summed E-state index contributed by atoms with van der Waals surface area (Å²) in [5, 5.41) is 15.1. The van der Waals surface area contributed by atoms with Crippen molar-refractivity contribution < 1.29 is 27.1 Å². The molecule has 1 aromatic heterocycles. The Balaban J connectivity index is 2.19. The highest BCUT2D eigenvalue weighted by molar-refractivity contribution is 7.90. The number of nitrogens with zero attached hydrogens (tertiary/aromatic N) is 2. The van der Waals surface area contributed by atoms with E-state index in [2.05, 4.69) is 15.6 Å². The molecule has 0 saturated carbocycles. The summed E-state index contributed by atoms with van der Waals surface area (Å²) in [6.45, 7) is 4.24. The number of rotatable bonds is 7. The number of sulfone groups is 1. The third-order valence-corrected chi connectivity index (χ3v) is 6.43. The van der Waals surface area contributed by atoms with Crippen molar-refractivity contribution >= 4 is 27.4 Å². The zero-order chi connectivity index (χ0) is 26.7. The van der Waals surface area contributed by atoms with Crippen molar-refractivity contribution in [2.45, 2.75) is 56.8 Å². The molecule has 2 aromatic rings. The number of anilines is 1. The van der Waals surface area contributed by atoms with E-state index in [1.807, 2.05) is 6.07 Å². The highest BCUT2D eigenvalue weighted by Crippen LogP contribution is 2.37. The van der Waals surface area contributed by atoms with Crippen LogP contribution in [0, 0.1) is 11.3 Å². The number of hydrogen-bond donors (Lipinski definition) is 2. The Bertz CT molecular complexity index is 1370. The van der Waals surface area contributed by atoms with Gasteiger partial charge >= 0.3 is 6.09 Å². The van der Waals surface area contributed by atoms with Gasteiger partial charge in [-0.05, 0) is 57.0 Å². The zero-order valence-corrected chi connectivity index (χ0v) is 21.2. The Hall–Kier alpha value is -3.78. The van der Waals surface area contributed by atoms with Crippen molar-refractivity contribution in [3.05, 3.63) is 64.6 Å². The number of amides is 1. The SMILES string of the molecule is CC(C)(C)OC(=O)NC(C1=C(Nc2ccnc(CF)c2)CCC1=O)c1ccc(C#N)cc1S(C)(=O)=O. The van der Waals surface area contributed by atoms with Gasteiger partial charge in [-0.1, -0.05) is 6.07 Å². The number of nitrogens with one attached hydrogen (secondary N) is 2. The minimum atomic E-state index is -3.86. The van der Waals surface area contributed by atoms with Gasteiger partial charge in [0.1, 0.15) is 12.3 Å². The Kier molecular flexibility index (Phi) is 7.79. The molecule has 0 radical (unpaired) electrons. The minimum absolute atomic E-state index is 0.107. The molecule has 1 heterocycles. The molecular formula is C25H27FN4O5S. The monoisotopic (exact) mass is 514 g/mol. The molecule has 1 aliphatic rings. The molecule has 2 N–H and O–H groups in total. The maximum atomic E-state index is 13.1. The molecule has 1 unspecified atom stereocenters. The molecule has 9 nitrogen and oxygen atoms in total. The number of aromatic nitrogens is 1. The maximum Gasteiger partial charge on any atom is 0.408 e. The number of carbonyl (C=O) groups is 2. The summed E-state index contributed by atoms with van der Waals surface area (Å²) >= 11 is 0.